The summed E-state index contributed by atoms with van der Waals surface area (Å²) < 4.78 is 18.9. The van der Waals surface area contributed by atoms with Crippen molar-refractivity contribution in [1.29, 1.82) is 0 Å². The van der Waals surface area contributed by atoms with Crippen LogP contribution in [0.3, 0.4) is 0 Å². The van der Waals surface area contributed by atoms with Crippen LogP contribution < -0.4 is 5.32 Å². The Morgan fingerprint density at radius 1 is 1.60 bits per heavy atom. The van der Waals surface area contributed by atoms with Crippen LogP contribution in [-0.4, -0.2) is 29.8 Å². The van der Waals surface area contributed by atoms with Gasteiger partial charge in [0, 0.05) is 12.3 Å². The van der Waals surface area contributed by atoms with Crippen molar-refractivity contribution in [2.24, 2.45) is 0 Å². The third-order valence-electron chi connectivity index (χ3n) is 3.23. The zero-order chi connectivity index (χ0) is 14.6. The summed E-state index contributed by atoms with van der Waals surface area (Å²) in [6.07, 6.45) is 1.51. The Kier molecular flexibility index (Phi) is 4.38. The highest BCUT2D eigenvalue weighted by Crippen LogP contribution is 2.26. The van der Waals surface area contributed by atoms with E-state index in [0.717, 1.165) is 6.42 Å². The van der Waals surface area contributed by atoms with Crippen LogP contribution in [0.2, 0.25) is 0 Å². The van der Waals surface area contributed by atoms with Crippen molar-refractivity contribution in [2.45, 2.75) is 25.4 Å². The molecule has 2 N–H and O–H groups in total. The highest BCUT2D eigenvalue weighted by atomic mass is 19.1. The van der Waals surface area contributed by atoms with E-state index in [1.807, 2.05) is 0 Å². The zero-order valence-corrected chi connectivity index (χ0v) is 11.2. The van der Waals surface area contributed by atoms with Gasteiger partial charge in [-0.05, 0) is 38.0 Å². The number of nitrogens with one attached hydrogen (secondary N) is 1. The molecule has 20 heavy (non-hydrogen) atoms. The summed E-state index contributed by atoms with van der Waals surface area (Å²) in [5.41, 5.74) is -0.240. The summed E-state index contributed by atoms with van der Waals surface area (Å²) >= 11 is 0. The van der Waals surface area contributed by atoms with E-state index >= 15 is 0 Å². The molecule has 0 spiro atoms. The first-order valence-corrected chi connectivity index (χ1v) is 6.40. The minimum Gasteiger partial charge on any atom is -0.384 e. The lowest BCUT2D eigenvalue weighted by Gasteiger charge is -2.21. The summed E-state index contributed by atoms with van der Waals surface area (Å²) in [6, 6.07) is 4.14. The minimum atomic E-state index is -0.828. The number of carbonyl (C=O) groups is 1. The number of ether oxygens (including phenoxy) is 1. The highest BCUT2D eigenvalue weighted by Gasteiger charge is 2.37. The Morgan fingerprint density at radius 2 is 2.40 bits per heavy atom. The van der Waals surface area contributed by atoms with Crippen LogP contribution in [0.5, 0.6) is 0 Å². The Morgan fingerprint density at radius 3 is 3.05 bits per heavy atom. The second-order valence-corrected chi connectivity index (χ2v) is 4.79. The van der Waals surface area contributed by atoms with Crippen LogP contribution in [0.25, 0.3) is 0 Å². The lowest BCUT2D eigenvalue weighted by molar-refractivity contribution is -0.133. The predicted molar refractivity (Wildman–Crippen MR) is 72.6 cm³/mol. The van der Waals surface area contributed by atoms with Crippen molar-refractivity contribution >= 4 is 11.6 Å². The molecular weight excluding hydrogens is 261 g/mol. The van der Waals surface area contributed by atoms with E-state index in [1.54, 1.807) is 6.92 Å². The quantitative estimate of drug-likeness (QED) is 0.809. The van der Waals surface area contributed by atoms with Crippen LogP contribution >= 0.6 is 0 Å². The molecule has 1 saturated heterocycles. The summed E-state index contributed by atoms with van der Waals surface area (Å²) in [7, 11) is 0. The highest BCUT2D eigenvalue weighted by molar-refractivity contribution is 5.97. The number of halogens is 1. The maximum absolute atomic E-state index is 13.5. The average Bonchev–Trinajstić information content (AvgIpc) is 2.87. The van der Waals surface area contributed by atoms with Gasteiger partial charge in [-0.2, -0.15) is 0 Å². The minimum absolute atomic E-state index is 0.134. The standard InChI is InChI=1S/C15H16FNO3/c1-15(7-3-9-20-15)14(19)17-12-5-6-13(16)11(10-12)4-2-8-18/h5-6,10,18H,3,7-9H2,1H3,(H,17,19). The Balaban J connectivity index is 2.15. The molecular formula is C15H16FNO3. The SMILES string of the molecule is CC1(C(=O)Nc2ccc(F)c(C#CCO)c2)CCCO1. The number of amides is 1. The maximum atomic E-state index is 13.5. The molecule has 1 aliphatic heterocycles. The molecule has 1 unspecified atom stereocenters. The molecule has 0 aliphatic carbocycles. The topological polar surface area (TPSA) is 58.6 Å². The molecule has 1 heterocycles. The normalized spacial score (nSPS) is 21.1. The number of anilines is 1. The zero-order valence-electron chi connectivity index (χ0n) is 11.2. The number of rotatable bonds is 2. The number of benzene rings is 1. The summed E-state index contributed by atoms with van der Waals surface area (Å²) in [4.78, 5) is 12.1. The van der Waals surface area contributed by atoms with Crippen molar-refractivity contribution in [2.75, 3.05) is 18.5 Å². The van der Waals surface area contributed by atoms with Gasteiger partial charge in [-0.3, -0.25) is 4.79 Å². The fourth-order valence-corrected chi connectivity index (χ4v) is 2.06. The lowest BCUT2D eigenvalue weighted by Crippen LogP contribution is -2.39. The molecule has 2 rings (SSSR count). The third kappa shape index (κ3) is 3.16. The smallest absolute Gasteiger partial charge is 0.256 e. The van der Waals surface area contributed by atoms with E-state index in [2.05, 4.69) is 17.2 Å². The average molecular weight is 277 g/mol. The third-order valence-corrected chi connectivity index (χ3v) is 3.23. The first-order chi connectivity index (χ1) is 9.55. The lowest BCUT2D eigenvalue weighted by atomic mass is 10.0. The van der Waals surface area contributed by atoms with E-state index in [1.165, 1.54) is 18.2 Å². The van der Waals surface area contributed by atoms with Gasteiger partial charge in [0.15, 0.2) is 0 Å². The van der Waals surface area contributed by atoms with Gasteiger partial charge in [0.05, 0.1) is 5.56 Å². The van der Waals surface area contributed by atoms with Crippen molar-refractivity contribution in [3.63, 3.8) is 0 Å². The van der Waals surface area contributed by atoms with E-state index in [9.17, 15) is 9.18 Å². The summed E-state index contributed by atoms with van der Waals surface area (Å²) in [5, 5.41) is 11.3. The molecule has 1 aliphatic rings. The van der Waals surface area contributed by atoms with Gasteiger partial charge >= 0.3 is 0 Å². The monoisotopic (exact) mass is 277 g/mol. The van der Waals surface area contributed by atoms with E-state index in [4.69, 9.17) is 9.84 Å². The van der Waals surface area contributed by atoms with Crippen LogP contribution in [-0.2, 0) is 9.53 Å². The molecule has 4 nitrogen and oxygen atoms in total. The molecule has 0 radical (unpaired) electrons. The van der Waals surface area contributed by atoms with Crippen LogP contribution in [0.1, 0.15) is 25.3 Å². The Bertz CT molecular complexity index is 568. The number of hydrogen-bond donors (Lipinski definition) is 2. The maximum Gasteiger partial charge on any atom is 0.256 e. The molecule has 0 bridgehead atoms. The first-order valence-electron chi connectivity index (χ1n) is 6.40. The molecule has 0 saturated carbocycles. The predicted octanol–water partition coefficient (Wildman–Crippen LogP) is 1.68. The van der Waals surface area contributed by atoms with Crippen molar-refractivity contribution < 1.29 is 19.0 Å². The van der Waals surface area contributed by atoms with Crippen molar-refractivity contribution in [3.05, 3.63) is 29.6 Å². The van der Waals surface area contributed by atoms with E-state index in [-0.39, 0.29) is 18.1 Å². The fraction of sp³-hybridized carbons (Fsp3) is 0.400. The van der Waals surface area contributed by atoms with Gasteiger partial charge in [0.1, 0.15) is 18.0 Å². The van der Waals surface area contributed by atoms with E-state index in [0.29, 0.717) is 18.7 Å². The largest absolute Gasteiger partial charge is 0.384 e. The second kappa shape index (κ2) is 6.04. The summed E-state index contributed by atoms with van der Waals surface area (Å²) in [6.45, 7) is 1.97. The van der Waals surface area contributed by atoms with Gasteiger partial charge < -0.3 is 15.2 Å². The molecule has 1 amide bonds. The van der Waals surface area contributed by atoms with Gasteiger partial charge in [0.25, 0.3) is 5.91 Å². The second-order valence-electron chi connectivity index (χ2n) is 4.79. The molecule has 1 aromatic rings. The number of aliphatic hydroxyl groups is 1. The van der Waals surface area contributed by atoms with Crippen molar-refractivity contribution in [1.82, 2.24) is 0 Å². The number of hydrogen-bond acceptors (Lipinski definition) is 3. The van der Waals surface area contributed by atoms with Gasteiger partial charge in [0.2, 0.25) is 0 Å². The Hall–Kier alpha value is -1.90. The van der Waals surface area contributed by atoms with Crippen LogP contribution in [0.4, 0.5) is 10.1 Å². The molecule has 1 fully saturated rings. The van der Waals surface area contributed by atoms with Gasteiger partial charge in [-0.1, -0.05) is 11.8 Å². The number of carbonyl (C=O) groups excluding carboxylic acids is 1. The molecule has 1 atom stereocenters. The van der Waals surface area contributed by atoms with Gasteiger partial charge in [-0.25, -0.2) is 4.39 Å². The van der Waals surface area contributed by atoms with E-state index < -0.39 is 11.4 Å². The van der Waals surface area contributed by atoms with Gasteiger partial charge in [-0.15, -0.1) is 0 Å². The fourth-order valence-electron chi connectivity index (χ4n) is 2.06. The summed E-state index contributed by atoms with van der Waals surface area (Å²) in [5.74, 6) is 4.13. The molecule has 5 heteroatoms. The number of aliphatic hydroxyl groups excluding tert-OH is 1. The Labute approximate surface area is 116 Å². The molecule has 106 valence electrons. The van der Waals surface area contributed by atoms with Crippen LogP contribution in [0.15, 0.2) is 18.2 Å². The van der Waals surface area contributed by atoms with Crippen molar-refractivity contribution in [3.8, 4) is 11.8 Å². The molecule has 0 aromatic heterocycles. The van der Waals surface area contributed by atoms with Crippen LogP contribution in [0, 0.1) is 17.7 Å². The molecule has 1 aromatic carbocycles. The first kappa shape index (κ1) is 14.5.